The van der Waals surface area contributed by atoms with Crippen LogP contribution in [0.15, 0.2) is 18.2 Å². The number of nitrogens with zero attached hydrogens (tertiary/aromatic N) is 1. The number of fused-ring (bicyclic) bond motifs is 4. The van der Waals surface area contributed by atoms with Crippen molar-refractivity contribution in [3.8, 4) is 5.75 Å². The van der Waals surface area contributed by atoms with Crippen LogP contribution in [0.5, 0.6) is 5.75 Å². The molecule has 0 unspecified atom stereocenters. The third-order valence-electron chi connectivity index (χ3n) is 7.36. The highest BCUT2D eigenvalue weighted by atomic mass is 16.6. The van der Waals surface area contributed by atoms with Gasteiger partial charge >= 0.3 is 6.09 Å². The molecular formula is C27H40N2O5. The first-order valence-corrected chi connectivity index (χ1v) is 12.6. The molecule has 5 atom stereocenters. The Labute approximate surface area is 203 Å². The first-order valence-electron chi connectivity index (χ1n) is 12.6. The molecule has 0 aliphatic carbocycles. The molecule has 1 aromatic carbocycles. The van der Waals surface area contributed by atoms with Gasteiger partial charge in [-0.05, 0) is 72.4 Å². The van der Waals surface area contributed by atoms with Gasteiger partial charge in [-0.1, -0.05) is 19.1 Å². The van der Waals surface area contributed by atoms with E-state index in [1.807, 2.05) is 32.6 Å². The number of aryl methyl sites for hydroxylation is 1. The van der Waals surface area contributed by atoms with Gasteiger partial charge in [0.1, 0.15) is 23.0 Å². The normalized spacial score (nSPS) is 28.5. The van der Waals surface area contributed by atoms with E-state index in [0.29, 0.717) is 19.5 Å². The van der Waals surface area contributed by atoms with E-state index >= 15 is 0 Å². The summed E-state index contributed by atoms with van der Waals surface area (Å²) in [7, 11) is 0. The van der Waals surface area contributed by atoms with Crippen molar-refractivity contribution in [2.24, 2.45) is 11.8 Å². The fraction of sp³-hybridized carbons (Fsp3) is 0.704. The summed E-state index contributed by atoms with van der Waals surface area (Å²) in [6.45, 7) is 15.0. The largest absolute Gasteiger partial charge is 0.487 e. The number of benzene rings is 1. The van der Waals surface area contributed by atoms with Crippen molar-refractivity contribution < 1.29 is 23.8 Å². The summed E-state index contributed by atoms with van der Waals surface area (Å²) in [5.74, 6) is 1.33. The van der Waals surface area contributed by atoms with Gasteiger partial charge in [0, 0.05) is 30.5 Å². The van der Waals surface area contributed by atoms with Crippen molar-refractivity contribution in [2.75, 3.05) is 13.1 Å². The molecule has 0 spiro atoms. The number of likely N-dealkylation sites (tertiary alicyclic amines) is 1. The number of carbonyl (C=O) groups excluding carboxylic acids is 2. The predicted molar refractivity (Wildman–Crippen MR) is 130 cm³/mol. The van der Waals surface area contributed by atoms with Gasteiger partial charge in [-0.2, -0.15) is 0 Å². The Bertz CT molecular complexity index is 937. The van der Waals surface area contributed by atoms with E-state index in [2.05, 4.69) is 44.3 Å². The molecular weight excluding hydrogens is 432 g/mol. The first-order chi connectivity index (χ1) is 15.9. The lowest BCUT2D eigenvalue weighted by Gasteiger charge is -2.53. The summed E-state index contributed by atoms with van der Waals surface area (Å²) >= 11 is 0. The van der Waals surface area contributed by atoms with E-state index in [0.717, 1.165) is 24.2 Å². The number of rotatable bonds is 3. The van der Waals surface area contributed by atoms with Crippen molar-refractivity contribution in [2.45, 2.75) is 97.2 Å². The van der Waals surface area contributed by atoms with Crippen LogP contribution in [0, 0.1) is 18.8 Å². The van der Waals surface area contributed by atoms with E-state index < -0.39 is 17.7 Å². The van der Waals surface area contributed by atoms with Gasteiger partial charge < -0.3 is 24.4 Å². The first kappa shape index (κ1) is 24.8. The van der Waals surface area contributed by atoms with Crippen LogP contribution in [0.4, 0.5) is 4.79 Å². The number of nitrogens with one attached hydrogen (secondary N) is 1. The van der Waals surface area contributed by atoms with Crippen molar-refractivity contribution in [3.63, 3.8) is 0 Å². The highest BCUT2D eigenvalue weighted by Crippen LogP contribution is 2.53. The van der Waals surface area contributed by atoms with Gasteiger partial charge in [-0.25, -0.2) is 4.79 Å². The molecule has 0 bridgehead atoms. The Hall–Kier alpha value is -2.28. The van der Waals surface area contributed by atoms with Crippen LogP contribution in [0.1, 0.15) is 78.0 Å². The summed E-state index contributed by atoms with van der Waals surface area (Å²) in [5, 5.41) is 2.76. The van der Waals surface area contributed by atoms with Crippen LogP contribution in [-0.4, -0.2) is 53.3 Å². The second-order valence-corrected chi connectivity index (χ2v) is 11.6. The maximum Gasteiger partial charge on any atom is 0.408 e. The Morgan fingerprint density at radius 1 is 1.29 bits per heavy atom. The summed E-state index contributed by atoms with van der Waals surface area (Å²) < 4.78 is 18.5. The zero-order chi connectivity index (χ0) is 24.8. The van der Waals surface area contributed by atoms with Gasteiger partial charge in [0.15, 0.2) is 0 Å². The lowest BCUT2D eigenvalue weighted by molar-refractivity contribution is -0.189. The maximum absolute atomic E-state index is 13.3. The average Bonchev–Trinajstić information content (AvgIpc) is 2.74. The van der Waals surface area contributed by atoms with E-state index in [1.165, 1.54) is 5.56 Å². The molecule has 34 heavy (non-hydrogen) atoms. The topological polar surface area (TPSA) is 77.1 Å². The van der Waals surface area contributed by atoms with Crippen molar-refractivity contribution in [3.05, 3.63) is 29.3 Å². The van der Waals surface area contributed by atoms with Gasteiger partial charge in [-0.15, -0.1) is 0 Å². The summed E-state index contributed by atoms with van der Waals surface area (Å²) in [4.78, 5) is 27.4. The van der Waals surface area contributed by atoms with E-state index in [1.54, 1.807) is 0 Å². The van der Waals surface area contributed by atoms with Gasteiger partial charge in [0.25, 0.3) is 0 Å². The minimum Gasteiger partial charge on any atom is -0.487 e. The number of alkyl carbamates (subject to hydrolysis) is 1. The van der Waals surface area contributed by atoms with Crippen molar-refractivity contribution in [1.82, 2.24) is 10.2 Å². The van der Waals surface area contributed by atoms with Gasteiger partial charge in [0.05, 0.1) is 12.2 Å². The lowest BCUT2D eigenvalue weighted by Crippen LogP contribution is -2.58. The highest BCUT2D eigenvalue weighted by molar-refractivity contribution is 5.85. The molecule has 0 aromatic heterocycles. The standard InChI is InChI=1S/C27H40N2O5/c1-8-20(28-25(31)34-26(3,4)5)24(30)29-12-11-21-17(15-29)14-19-23(32-21)18-10-9-16(2)13-22(18)33-27(19,6)7/h9-10,13,17,19-21,23H,8,11-12,14-15H2,1-7H3,(H,28,31)/t17-,19+,20+,21+,23-/m1/s1. The zero-order valence-corrected chi connectivity index (χ0v) is 21.6. The van der Waals surface area contributed by atoms with Crippen LogP contribution in [-0.2, 0) is 14.3 Å². The third kappa shape index (κ3) is 5.04. The quantitative estimate of drug-likeness (QED) is 0.686. The van der Waals surface area contributed by atoms with Crippen LogP contribution in [0.25, 0.3) is 0 Å². The number of hydrogen-bond donors (Lipinski definition) is 1. The molecule has 188 valence electrons. The molecule has 3 aliphatic rings. The Morgan fingerprint density at radius 2 is 2.03 bits per heavy atom. The second kappa shape index (κ2) is 9.06. The average molecular weight is 473 g/mol. The van der Waals surface area contributed by atoms with E-state index in [9.17, 15) is 9.59 Å². The number of carbonyl (C=O) groups is 2. The fourth-order valence-electron chi connectivity index (χ4n) is 5.62. The van der Waals surface area contributed by atoms with Crippen LogP contribution in [0.3, 0.4) is 0 Å². The molecule has 7 nitrogen and oxygen atoms in total. The highest BCUT2D eigenvalue weighted by Gasteiger charge is 2.51. The molecule has 0 radical (unpaired) electrons. The smallest absolute Gasteiger partial charge is 0.408 e. The number of piperidine rings is 1. The molecule has 1 aromatic rings. The molecule has 2 amide bonds. The molecule has 3 heterocycles. The number of hydrogen-bond acceptors (Lipinski definition) is 5. The Kier molecular flexibility index (Phi) is 6.62. The molecule has 3 aliphatic heterocycles. The van der Waals surface area contributed by atoms with Gasteiger partial charge in [0.2, 0.25) is 5.91 Å². The molecule has 2 fully saturated rings. The monoisotopic (exact) mass is 472 g/mol. The van der Waals surface area contributed by atoms with Crippen LogP contribution < -0.4 is 10.1 Å². The number of ether oxygens (including phenoxy) is 3. The minimum absolute atomic E-state index is 0.0140. The minimum atomic E-state index is -0.605. The maximum atomic E-state index is 13.3. The van der Waals surface area contributed by atoms with Crippen molar-refractivity contribution >= 4 is 12.0 Å². The third-order valence-corrected chi connectivity index (χ3v) is 7.36. The molecule has 4 rings (SSSR count). The lowest BCUT2D eigenvalue weighted by atomic mass is 9.70. The number of amides is 2. The fourth-order valence-corrected chi connectivity index (χ4v) is 5.62. The van der Waals surface area contributed by atoms with Crippen LogP contribution >= 0.6 is 0 Å². The SMILES string of the molecule is CC[C@H](NC(=O)OC(C)(C)C)C(=O)N1CC[C@@H]2O[C@@H]3c4ccc(C)cc4OC(C)(C)[C@H]3C[C@@H]2C1. The predicted octanol–water partition coefficient (Wildman–Crippen LogP) is 4.76. The van der Waals surface area contributed by atoms with E-state index in [4.69, 9.17) is 14.2 Å². The van der Waals surface area contributed by atoms with Gasteiger partial charge in [-0.3, -0.25) is 4.79 Å². The second-order valence-electron chi connectivity index (χ2n) is 11.6. The summed E-state index contributed by atoms with van der Waals surface area (Å²) in [5.41, 5.74) is 1.36. The summed E-state index contributed by atoms with van der Waals surface area (Å²) in [6.07, 6.45) is 1.83. The molecule has 7 heteroatoms. The van der Waals surface area contributed by atoms with Crippen molar-refractivity contribution in [1.29, 1.82) is 0 Å². The molecule has 2 saturated heterocycles. The molecule has 1 N–H and O–H groups in total. The zero-order valence-electron chi connectivity index (χ0n) is 21.6. The van der Waals surface area contributed by atoms with E-state index in [-0.39, 0.29) is 35.6 Å². The molecule has 0 saturated carbocycles. The van der Waals surface area contributed by atoms with Crippen LogP contribution in [0.2, 0.25) is 0 Å². The summed E-state index contributed by atoms with van der Waals surface area (Å²) in [6, 6.07) is 5.78. The Balaban J connectivity index is 1.45. The Morgan fingerprint density at radius 3 is 2.71 bits per heavy atom.